The largest absolute Gasteiger partial charge is 0.459 e. The number of benzene rings is 3. The first-order chi connectivity index (χ1) is 21.1. The molecule has 4 aromatic rings. The Bertz CT molecular complexity index is 1730. The minimum absolute atomic E-state index is 0.106. The highest BCUT2D eigenvalue weighted by molar-refractivity contribution is 6.31. The van der Waals surface area contributed by atoms with Gasteiger partial charge in [0.15, 0.2) is 18.4 Å². The molecule has 0 saturated carbocycles. The lowest BCUT2D eigenvalue weighted by atomic mass is 10.1. The third-order valence-corrected chi connectivity index (χ3v) is 7.17. The summed E-state index contributed by atoms with van der Waals surface area (Å²) in [5.41, 5.74) is 5.07. The van der Waals surface area contributed by atoms with Gasteiger partial charge >= 0.3 is 23.6 Å². The highest BCUT2D eigenvalue weighted by Gasteiger charge is 2.52. The summed E-state index contributed by atoms with van der Waals surface area (Å²) in [7, 11) is 0. The number of nitrogens with zero attached hydrogens (tertiary/aromatic N) is 3. The zero-order valence-electron chi connectivity index (χ0n) is 22.3. The molecule has 12 nitrogen and oxygen atoms in total. The molecule has 1 fully saturated rings. The van der Waals surface area contributed by atoms with Crippen LogP contribution in [0.4, 0.5) is 5.95 Å². The van der Waals surface area contributed by atoms with Crippen molar-refractivity contribution in [2.75, 3.05) is 12.3 Å². The van der Waals surface area contributed by atoms with Gasteiger partial charge in [-0.1, -0.05) is 34.8 Å². The number of carbonyl (C=O) groups is 3. The summed E-state index contributed by atoms with van der Waals surface area (Å²) < 4.78 is 24.0. The van der Waals surface area contributed by atoms with Crippen molar-refractivity contribution < 1.29 is 33.3 Å². The van der Waals surface area contributed by atoms with Crippen molar-refractivity contribution in [2.24, 2.45) is 0 Å². The molecular formula is C29H21Cl3N4O8. The Balaban J connectivity index is 1.49. The summed E-state index contributed by atoms with van der Waals surface area (Å²) in [6, 6.07) is 17.6. The van der Waals surface area contributed by atoms with Crippen LogP contribution in [0.2, 0.25) is 15.1 Å². The van der Waals surface area contributed by atoms with Gasteiger partial charge in [0.2, 0.25) is 5.95 Å². The molecule has 1 aromatic heterocycles. The molecule has 1 saturated heterocycles. The molecule has 1 aliphatic heterocycles. The van der Waals surface area contributed by atoms with Gasteiger partial charge in [0.25, 0.3) is 0 Å². The molecule has 0 aliphatic carbocycles. The lowest BCUT2D eigenvalue weighted by Gasteiger charge is -2.25. The number of anilines is 1. The van der Waals surface area contributed by atoms with Crippen LogP contribution in [0, 0.1) is 0 Å². The Morgan fingerprint density at radius 1 is 0.750 bits per heavy atom. The third kappa shape index (κ3) is 7.17. The standard InChI is InChI=1S/C29H21Cl3N4O8/c30-18-7-1-15(2-8-18)25(37)41-13-21-22(43-26(38)16-3-9-19(31)10-4-16)23(44-27(39)17-5-11-20(32)12-6-17)24(42-21)36-14-34-28(33)35-29(36)40/h1-12,14,21-24H,13H2,(H2,33,35,40)/t21-,22-,23-,24-/m1/s1/i33+1,34+1,35+1,36+1. The van der Waals surface area contributed by atoms with E-state index in [4.69, 9.17) is 59.5 Å². The zero-order valence-corrected chi connectivity index (χ0v) is 24.6. The fourth-order valence-corrected chi connectivity index (χ4v) is 4.62. The van der Waals surface area contributed by atoms with Crippen LogP contribution in [0.5, 0.6) is 0 Å². The second kappa shape index (κ2) is 13.4. The molecule has 0 bridgehead atoms. The van der Waals surface area contributed by atoms with E-state index in [0.717, 1.165) is 10.9 Å². The Morgan fingerprint density at radius 3 is 1.68 bits per heavy atom. The number of rotatable bonds is 8. The quantitative estimate of drug-likeness (QED) is 0.162. The zero-order chi connectivity index (χ0) is 31.4. The molecule has 5 rings (SSSR count). The van der Waals surface area contributed by atoms with E-state index in [-0.39, 0.29) is 22.6 Å². The van der Waals surface area contributed by atoms with Crippen molar-refractivity contribution in [3.05, 3.63) is 121 Å². The molecule has 226 valence electrons. The van der Waals surface area contributed by atoms with Crippen LogP contribution in [0.15, 0.2) is 83.9 Å². The maximum Gasteiger partial charge on any atom is 0.354 e. The van der Waals surface area contributed by atoms with Gasteiger partial charge in [0.1, 0.15) is 19.0 Å². The average Bonchev–Trinajstić information content (AvgIpc) is 3.32. The number of ether oxygens (including phenoxy) is 4. The van der Waals surface area contributed by atoms with Gasteiger partial charge in [-0.05, 0) is 72.8 Å². The van der Waals surface area contributed by atoms with Gasteiger partial charge < -0.3 is 24.7 Å². The van der Waals surface area contributed by atoms with Gasteiger partial charge in [0, 0.05) is 15.1 Å². The average molecular weight is 664 g/mol. The van der Waals surface area contributed by atoms with Crippen LogP contribution in [0.3, 0.4) is 0 Å². The van der Waals surface area contributed by atoms with E-state index < -0.39 is 54.7 Å². The maximum atomic E-state index is 13.2. The maximum absolute atomic E-state index is 13.2. The molecule has 4 atom stereocenters. The van der Waals surface area contributed by atoms with E-state index in [0.29, 0.717) is 15.1 Å². The highest BCUT2D eigenvalue weighted by atomic mass is 35.5. The number of nitrogens with two attached hydrogens (primary N) is 1. The fraction of sp³-hybridized carbons (Fsp3) is 0.172. The molecule has 0 spiro atoms. The van der Waals surface area contributed by atoms with Crippen molar-refractivity contribution in [1.82, 2.24) is 14.5 Å². The number of hydrogen-bond acceptors (Lipinski definition) is 11. The number of carbonyl (C=O) groups excluding carboxylic acids is 3. The molecule has 15 heteroatoms. The summed E-state index contributed by atoms with van der Waals surface area (Å²) in [5, 5.41) is 1.18. The van der Waals surface area contributed by atoms with E-state index in [9.17, 15) is 19.2 Å². The Morgan fingerprint density at radius 2 is 1.20 bits per heavy atom. The molecule has 1 aliphatic rings. The number of halogens is 3. The Kier molecular flexibility index (Phi) is 9.45. The predicted octanol–water partition coefficient (Wildman–Crippen LogP) is 4.39. The van der Waals surface area contributed by atoms with Crippen molar-refractivity contribution in [2.45, 2.75) is 24.5 Å². The second-order valence-electron chi connectivity index (χ2n) is 9.33. The number of aromatic nitrogens is 3. The minimum atomic E-state index is -1.46. The summed E-state index contributed by atoms with van der Waals surface area (Å²) in [6.45, 7) is -0.476. The fourth-order valence-electron chi connectivity index (χ4n) is 4.25. The van der Waals surface area contributed by atoms with Crippen LogP contribution in [0.1, 0.15) is 37.3 Å². The summed E-state index contributed by atoms with van der Waals surface area (Å²) >= 11 is 17.8. The van der Waals surface area contributed by atoms with E-state index in [2.05, 4.69) is 9.97 Å². The molecular weight excluding hydrogens is 643 g/mol. The van der Waals surface area contributed by atoms with Gasteiger partial charge in [-0.25, -0.2) is 24.2 Å². The molecule has 0 amide bonds. The van der Waals surface area contributed by atoms with E-state index >= 15 is 0 Å². The van der Waals surface area contributed by atoms with Crippen molar-refractivity contribution in [3.8, 4) is 0 Å². The Hall–Kier alpha value is -4.49. The molecule has 3 aromatic carbocycles. The first-order valence-corrected chi connectivity index (χ1v) is 13.9. The summed E-state index contributed by atoms with van der Waals surface area (Å²) in [6.07, 6.45) is -4.49. The highest BCUT2D eigenvalue weighted by Crippen LogP contribution is 2.35. The van der Waals surface area contributed by atoms with Crippen LogP contribution in [0.25, 0.3) is 0 Å². The predicted molar refractivity (Wildman–Crippen MR) is 158 cm³/mol. The van der Waals surface area contributed by atoms with Gasteiger partial charge in [-0.3, -0.25) is 4.57 Å². The first-order valence-electron chi connectivity index (χ1n) is 12.8. The van der Waals surface area contributed by atoms with E-state index in [1.165, 1.54) is 72.8 Å². The number of hydrogen-bond donors (Lipinski definition) is 1. The molecule has 0 unspecified atom stereocenters. The van der Waals surface area contributed by atoms with E-state index in [1.54, 1.807) is 0 Å². The van der Waals surface area contributed by atoms with Crippen LogP contribution in [-0.2, 0) is 18.9 Å². The molecule has 2 heterocycles. The SMILES string of the molecule is [15NH2]c1[15n]c[15n]([C@@H]2O[C@H](COC(=O)c3ccc(Cl)cc3)[C@@H](OC(=O)c3ccc(Cl)cc3)[C@H]2OC(=O)c2ccc(Cl)cc2)c(=O)[15n]1. The van der Waals surface area contributed by atoms with Crippen molar-refractivity contribution in [3.63, 3.8) is 0 Å². The van der Waals surface area contributed by atoms with Crippen LogP contribution in [-0.4, -0.2) is 57.4 Å². The topological polar surface area (TPSA) is 162 Å². The van der Waals surface area contributed by atoms with Gasteiger partial charge in [-0.2, -0.15) is 4.98 Å². The lowest BCUT2D eigenvalue weighted by Crippen LogP contribution is -2.42. The Labute approximate surface area is 264 Å². The number of esters is 3. The van der Waals surface area contributed by atoms with Crippen molar-refractivity contribution >= 4 is 58.7 Å². The summed E-state index contributed by atoms with van der Waals surface area (Å²) in [5.74, 6) is -2.73. The van der Waals surface area contributed by atoms with Crippen molar-refractivity contribution in [1.29, 1.82) is 0 Å². The third-order valence-electron chi connectivity index (χ3n) is 6.41. The smallest absolute Gasteiger partial charge is 0.354 e. The molecule has 0 radical (unpaired) electrons. The minimum Gasteiger partial charge on any atom is -0.459 e. The monoisotopic (exact) mass is 662 g/mol. The number of nitrogen functional groups attached to an aromatic ring is 1. The second-order valence-corrected chi connectivity index (χ2v) is 10.6. The molecule has 2 N–H and O–H groups in total. The molecule has 44 heavy (non-hydrogen) atoms. The normalized spacial score (nSPS) is 19.2. The van der Waals surface area contributed by atoms with Gasteiger partial charge in [-0.15, -0.1) is 0 Å². The van der Waals surface area contributed by atoms with Crippen LogP contribution < -0.4 is 11.4 Å². The summed E-state index contributed by atoms with van der Waals surface area (Å²) in [4.78, 5) is 59.5. The van der Waals surface area contributed by atoms with Gasteiger partial charge in [0.05, 0.1) is 16.7 Å². The van der Waals surface area contributed by atoms with E-state index in [1.807, 2.05) is 0 Å². The lowest BCUT2D eigenvalue weighted by molar-refractivity contribution is -0.0643. The first kappa shape index (κ1) is 31.0. The van der Waals surface area contributed by atoms with Crippen LogP contribution >= 0.6 is 34.8 Å².